The predicted molar refractivity (Wildman–Crippen MR) is 124 cm³/mol. The number of aryl methyl sites for hydroxylation is 1. The van der Waals surface area contributed by atoms with Crippen LogP contribution in [0.1, 0.15) is 16.7 Å². The average Bonchev–Trinajstić information content (AvgIpc) is 2.78. The van der Waals surface area contributed by atoms with Gasteiger partial charge in [0.05, 0.1) is 23.4 Å². The second kappa shape index (κ2) is 10.2. The summed E-state index contributed by atoms with van der Waals surface area (Å²) >= 11 is 0. The van der Waals surface area contributed by atoms with E-state index in [9.17, 15) is 8.42 Å². The van der Waals surface area contributed by atoms with Crippen molar-refractivity contribution in [1.29, 1.82) is 0 Å². The average molecular weight is 436 g/mol. The molecule has 0 fully saturated rings. The highest BCUT2D eigenvalue weighted by Crippen LogP contribution is 2.30. The third kappa shape index (κ3) is 6.15. The van der Waals surface area contributed by atoms with Gasteiger partial charge in [-0.2, -0.15) is 8.42 Å². The van der Waals surface area contributed by atoms with Crippen LogP contribution in [0.2, 0.25) is 0 Å². The number of hydrogen-bond acceptors (Lipinski definition) is 4. The topological polar surface area (TPSA) is 66.8 Å². The molecule has 1 N–H and O–H groups in total. The lowest BCUT2D eigenvalue weighted by molar-refractivity contribution is 0.189. The summed E-state index contributed by atoms with van der Waals surface area (Å²) in [5, 5.41) is 1.87. The number of fused-ring (bicyclic) bond motifs is 1. The summed E-state index contributed by atoms with van der Waals surface area (Å²) in [6, 6.07) is 24.6. The van der Waals surface area contributed by atoms with Crippen molar-refractivity contribution < 1.29 is 17.8 Å². The van der Waals surface area contributed by atoms with Gasteiger partial charge in [-0.25, -0.2) is 5.06 Å². The quantitative estimate of drug-likeness (QED) is 0.552. The third-order valence-electron chi connectivity index (χ3n) is 4.72. The Bertz CT molecular complexity index is 1170. The first-order chi connectivity index (χ1) is 14.9. The second-order valence-electron chi connectivity index (χ2n) is 6.97. The van der Waals surface area contributed by atoms with Gasteiger partial charge in [-0.1, -0.05) is 78.4 Å². The molecule has 6 heteroatoms. The number of para-hydroxylation sites is 1. The number of anilines is 1. The molecule has 160 valence electrons. The van der Waals surface area contributed by atoms with E-state index in [4.69, 9.17) is 9.39 Å². The minimum absolute atomic E-state index is 0.0666. The lowest BCUT2D eigenvalue weighted by atomic mass is 10.0. The number of rotatable bonds is 4. The van der Waals surface area contributed by atoms with Gasteiger partial charge in [-0.05, 0) is 48.7 Å². The molecule has 0 aromatic heterocycles. The Kier molecular flexibility index (Phi) is 7.41. The number of nitrogens with zero attached hydrogens (tertiary/aromatic N) is 1. The maximum atomic E-state index is 10.5. The normalized spacial score (nSPS) is 13.3. The molecule has 3 aromatic carbocycles. The molecular weight excluding hydrogens is 410 g/mol. The first-order valence-electron chi connectivity index (χ1n) is 9.78. The molecule has 0 unspecified atom stereocenters. The summed E-state index contributed by atoms with van der Waals surface area (Å²) in [5.74, 6) is 0. The number of allylic oxidation sites excluding steroid dienone is 2. The molecule has 0 amide bonds. The van der Waals surface area contributed by atoms with Gasteiger partial charge in [-0.3, -0.25) is 9.39 Å². The van der Waals surface area contributed by atoms with E-state index >= 15 is 0 Å². The van der Waals surface area contributed by atoms with Crippen molar-refractivity contribution in [3.05, 3.63) is 113 Å². The summed E-state index contributed by atoms with van der Waals surface area (Å²) < 4.78 is 29.6. The molecule has 0 saturated heterocycles. The summed E-state index contributed by atoms with van der Waals surface area (Å²) in [6.45, 7) is 1.84. The van der Waals surface area contributed by atoms with Crippen LogP contribution in [0, 0.1) is 6.92 Å². The van der Waals surface area contributed by atoms with Crippen molar-refractivity contribution in [3.63, 3.8) is 0 Å². The van der Waals surface area contributed by atoms with Crippen molar-refractivity contribution in [2.75, 3.05) is 12.2 Å². The molecule has 0 saturated carbocycles. The van der Waals surface area contributed by atoms with Gasteiger partial charge in [0, 0.05) is 0 Å². The predicted octanol–water partition coefficient (Wildman–Crippen LogP) is 5.45. The molecular formula is C25H25NO4S. The van der Waals surface area contributed by atoms with E-state index in [1.807, 2.05) is 36.3 Å². The zero-order valence-corrected chi connectivity index (χ0v) is 18.3. The highest BCUT2D eigenvalue weighted by Gasteiger charge is 2.17. The van der Waals surface area contributed by atoms with Gasteiger partial charge in [-0.15, -0.1) is 0 Å². The molecule has 3 aromatic rings. The molecule has 1 heterocycles. The van der Waals surface area contributed by atoms with E-state index in [0.29, 0.717) is 0 Å². The SMILES string of the molecule is CON1C(C=Cc2ccccc2)=CCc2ccccc21.Cc1ccc(S(=O)(=O)O)cc1. The van der Waals surface area contributed by atoms with Crippen molar-refractivity contribution in [1.82, 2.24) is 0 Å². The lowest BCUT2D eigenvalue weighted by Gasteiger charge is -2.28. The van der Waals surface area contributed by atoms with Gasteiger partial charge in [0.2, 0.25) is 0 Å². The first-order valence-corrected chi connectivity index (χ1v) is 11.2. The molecule has 1 aliphatic heterocycles. The fraction of sp³-hybridized carbons (Fsp3) is 0.120. The van der Waals surface area contributed by atoms with Crippen molar-refractivity contribution >= 4 is 21.9 Å². The fourth-order valence-electron chi connectivity index (χ4n) is 3.11. The van der Waals surface area contributed by atoms with Gasteiger partial charge in [0.1, 0.15) is 0 Å². The molecule has 31 heavy (non-hydrogen) atoms. The Hall–Kier alpha value is -3.19. The molecule has 1 aliphatic rings. The first kappa shape index (κ1) is 22.5. The Morgan fingerprint density at radius 1 is 0.903 bits per heavy atom. The highest BCUT2D eigenvalue weighted by atomic mass is 32.2. The van der Waals surface area contributed by atoms with E-state index in [-0.39, 0.29) is 4.90 Å². The van der Waals surface area contributed by atoms with Crippen molar-refractivity contribution in [3.8, 4) is 0 Å². The fourth-order valence-corrected chi connectivity index (χ4v) is 3.59. The van der Waals surface area contributed by atoms with E-state index in [0.717, 1.165) is 23.4 Å². The maximum Gasteiger partial charge on any atom is 0.294 e. The summed E-state index contributed by atoms with van der Waals surface area (Å²) in [6.07, 6.45) is 7.32. The van der Waals surface area contributed by atoms with Gasteiger partial charge in [0.15, 0.2) is 0 Å². The molecule has 0 aliphatic carbocycles. The second-order valence-corrected chi connectivity index (χ2v) is 8.39. The Morgan fingerprint density at radius 3 is 2.19 bits per heavy atom. The third-order valence-corrected chi connectivity index (χ3v) is 5.59. The zero-order chi connectivity index (χ0) is 22.3. The summed E-state index contributed by atoms with van der Waals surface area (Å²) in [7, 11) is -2.32. The number of benzene rings is 3. The Morgan fingerprint density at radius 2 is 1.55 bits per heavy atom. The van der Waals surface area contributed by atoms with Crippen LogP contribution in [0.5, 0.6) is 0 Å². The molecule has 5 nitrogen and oxygen atoms in total. The number of hydroxylamine groups is 1. The van der Waals surface area contributed by atoms with E-state index in [1.54, 1.807) is 19.2 Å². The minimum Gasteiger partial charge on any atom is -0.282 e. The molecule has 4 rings (SSSR count). The molecule has 0 bridgehead atoms. The lowest BCUT2D eigenvalue weighted by Crippen LogP contribution is -2.24. The largest absolute Gasteiger partial charge is 0.294 e. The molecule has 0 spiro atoms. The van der Waals surface area contributed by atoms with Gasteiger partial charge >= 0.3 is 0 Å². The van der Waals surface area contributed by atoms with E-state index in [1.165, 1.54) is 23.3 Å². The van der Waals surface area contributed by atoms with E-state index < -0.39 is 10.1 Å². The maximum absolute atomic E-state index is 10.5. The number of hydrogen-bond donors (Lipinski definition) is 1. The smallest absolute Gasteiger partial charge is 0.282 e. The van der Waals surface area contributed by atoms with Crippen molar-refractivity contribution in [2.45, 2.75) is 18.2 Å². The molecule has 0 radical (unpaired) electrons. The van der Waals surface area contributed by atoms with E-state index in [2.05, 4.69) is 48.6 Å². The monoisotopic (exact) mass is 435 g/mol. The Labute approximate surface area is 183 Å². The van der Waals surface area contributed by atoms with Crippen LogP contribution in [0.15, 0.2) is 102 Å². The zero-order valence-electron chi connectivity index (χ0n) is 17.5. The van der Waals surface area contributed by atoms with Crippen LogP contribution in [-0.2, 0) is 21.4 Å². The Balaban J connectivity index is 0.000000210. The van der Waals surface area contributed by atoms with Crippen LogP contribution in [-0.4, -0.2) is 20.1 Å². The minimum atomic E-state index is -4.02. The van der Waals surface area contributed by atoms with Crippen molar-refractivity contribution in [2.24, 2.45) is 0 Å². The summed E-state index contributed by atoms with van der Waals surface area (Å²) in [4.78, 5) is 5.47. The summed E-state index contributed by atoms with van der Waals surface area (Å²) in [5.41, 5.74) is 5.60. The standard InChI is InChI=1S/C18H17NO.C7H8O3S/c1-20-19-17(13-11-15-7-3-2-4-8-15)14-12-16-9-5-6-10-18(16)19;1-6-2-4-7(5-3-6)11(8,9)10/h2-11,13-14H,12H2,1H3;2-5H,1H3,(H,8,9,10). The molecule has 0 atom stereocenters. The van der Waals surface area contributed by atoms with Crippen LogP contribution in [0.4, 0.5) is 5.69 Å². The van der Waals surface area contributed by atoms with Crippen LogP contribution >= 0.6 is 0 Å². The van der Waals surface area contributed by atoms with Gasteiger partial charge in [0.25, 0.3) is 10.1 Å². The van der Waals surface area contributed by atoms with Crippen LogP contribution in [0.3, 0.4) is 0 Å². The van der Waals surface area contributed by atoms with Crippen LogP contribution < -0.4 is 5.06 Å². The van der Waals surface area contributed by atoms with Gasteiger partial charge < -0.3 is 0 Å². The van der Waals surface area contributed by atoms with Crippen LogP contribution in [0.25, 0.3) is 6.08 Å². The highest BCUT2D eigenvalue weighted by molar-refractivity contribution is 7.85.